The number of carbonyl (C=O) groups is 1. The molecule has 0 radical (unpaired) electrons. The molecule has 0 aliphatic carbocycles. The van der Waals surface area contributed by atoms with Crippen LogP contribution in [0.25, 0.3) is 6.08 Å². The molecule has 0 bridgehead atoms. The zero-order chi connectivity index (χ0) is 20.3. The Kier molecular flexibility index (Phi) is 6.83. The van der Waals surface area contributed by atoms with E-state index < -0.39 is 0 Å². The second kappa shape index (κ2) is 9.14. The zero-order valence-electron chi connectivity index (χ0n) is 15.0. The molecule has 8 heteroatoms. The number of carbonyl (C=O) groups excluding carboxylic acids is 1. The van der Waals surface area contributed by atoms with Crippen molar-refractivity contribution in [2.75, 3.05) is 6.54 Å². The second-order valence-corrected chi connectivity index (χ2v) is 7.80. The van der Waals surface area contributed by atoms with E-state index in [1.165, 1.54) is 0 Å². The van der Waals surface area contributed by atoms with E-state index in [2.05, 4.69) is 5.32 Å². The summed E-state index contributed by atoms with van der Waals surface area (Å²) in [7, 11) is 0. The van der Waals surface area contributed by atoms with Gasteiger partial charge in [-0.1, -0.05) is 53.9 Å². The molecule has 3 rings (SSSR count). The maximum atomic E-state index is 12.4. The van der Waals surface area contributed by atoms with Crippen molar-refractivity contribution in [3.63, 3.8) is 0 Å². The molecule has 2 aromatic carbocycles. The number of halogens is 3. The summed E-state index contributed by atoms with van der Waals surface area (Å²) in [6, 6.07) is 10.5. The average Bonchev–Trinajstić information content (AvgIpc) is 2.90. The minimum Gasteiger partial charge on any atom is -0.487 e. The molecule has 1 fully saturated rings. The largest absolute Gasteiger partial charge is 0.487 e. The third-order valence-electron chi connectivity index (χ3n) is 4.07. The molecular weight excluding hydrogens is 439 g/mol. The fourth-order valence-electron chi connectivity index (χ4n) is 2.68. The summed E-state index contributed by atoms with van der Waals surface area (Å²) in [5, 5.41) is 4.89. The predicted molar refractivity (Wildman–Crippen MR) is 118 cm³/mol. The van der Waals surface area contributed by atoms with Crippen molar-refractivity contribution >= 4 is 64.1 Å². The molecule has 1 aliphatic rings. The molecule has 4 nitrogen and oxygen atoms in total. The Labute approximate surface area is 184 Å². The SMILES string of the molecule is CCCN1C(=O)/C(=C/c2ccc(OCc3ccc(Cl)cc3Cl)c(Cl)c2)NC1=S. The van der Waals surface area contributed by atoms with Gasteiger partial charge in [0.25, 0.3) is 5.91 Å². The maximum Gasteiger partial charge on any atom is 0.276 e. The first-order valence-corrected chi connectivity index (χ1v) is 10.1. The van der Waals surface area contributed by atoms with Gasteiger partial charge in [-0.2, -0.15) is 0 Å². The summed E-state index contributed by atoms with van der Waals surface area (Å²) < 4.78 is 5.76. The van der Waals surface area contributed by atoms with E-state index in [1.54, 1.807) is 41.3 Å². The van der Waals surface area contributed by atoms with Crippen LogP contribution in [0.3, 0.4) is 0 Å². The van der Waals surface area contributed by atoms with Crippen molar-refractivity contribution in [2.45, 2.75) is 20.0 Å². The number of rotatable bonds is 6. The Morgan fingerprint density at radius 2 is 1.93 bits per heavy atom. The van der Waals surface area contributed by atoms with Crippen molar-refractivity contribution in [1.82, 2.24) is 10.2 Å². The third-order valence-corrected chi connectivity index (χ3v) is 5.28. The van der Waals surface area contributed by atoms with Gasteiger partial charge in [0.15, 0.2) is 5.11 Å². The quantitative estimate of drug-likeness (QED) is 0.448. The van der Waals surface area contributed by atoms with E-state index in [0.717, 1.165) is 17.5 Å². The van der Waals surface area contributed by atoms with E-state index >= 15 is 0 Å². The first-order valence-electron chi connectivity index (χ1n) is 8.60. The van der Waals surface area contributed by atoms with Gasteiger partial charge >= 0.3 is 0 Å². The number of nitrogens with one attached hydrogen (secondary N) is 1. The van der Waals surface area contributed by atoms with Crippen molar-refractivity contribution < 1.29 is 9.53 Å². The fraction of sp³-hybridized carbons (Fsp3) is 0.200. The van der Waals surface area contributed by atoms with Crippen LogP contribution < -0.4 is 10.1 Å². The van der Waals surface area contributed by atoms with Crippen molar-refractivity contribution in [1.29, 1.82) is 0 Å². The average molecular weight is 456 g/mol. The lowest BCUT2D eigenvalue weighted by atomic mass is 10.1. The molecule has 0 aromatic heterocycles. The lowest BCUT2D eigenvalue weighted by molar-refractivity contribution is -0.122. The summed E-state index contributed by atoms with van der Waals surface area (Å²) in [6.07, 6.45) is 2.55. The molecule has 1 saturated heterocycles. The lowest BCUT2D eigenvalue weighted by Crippen LogP contribution is -2.31. The highest BCUT2D eigenvalue weighted by molar-refractivity contribution is 7.80. The van der Waals surface area contributed by atoms with Gasteiger partial charge < -0.3 is 10.1 Å². The zero-order valence-corrected chi connectivity index (χ0v) is 18.1. The molecule has 28 heavy (non-hydrogen) atoms. The minimum atomic E-state index is -0.138. The first-order chi connectivity index (χ1) is 13.4. The van der Waals surface area contributed by atoms with Crippen molar-refractivity contribution in [3.8, 4) is 5.75 Å². The first kappa shape index (κ1) is 20.9. The van der Waals surface area contributed by atoms with Crippen LogP contribution in [0.1, 0.15) is 24.5 Å². The number of benzene rings is 2. The number of thiocarbonyl (C=S) groups is 1. The molecule has 1 aliphatic heterocycles. The Hall–Kier alpha value is -1.79. The Balaban J connectivity index is 1.72. The summed E-state index contributed by atoms with van der Waals surface area (Å²) in [5.74, 6) is 0.379. The van der Waals surface area contributed by atoms with Crippen molar-refractivity contribution in [2.24, 2.45) is 0 Å². The molecule has 0 atom stereocenters. The number of hydrogen-bond donors (Lipinski definition) is 1. The van der Waals surface area contributed by atoms with Gasteiger partial charge in [-0.05, 0) is 54.5 Å². The molecule has 0 unspecified atom stereocenters. The molecule has 2 aromatic rings. The summed E-state index contributed by atoms with van der Waals surface area (Å²) in [4.78, 5) is 14.0. The van der Waals surface area contributed by atoms with Crippen LogP contribution in [0, 0.1) is 0 Å². The summed E-state index contributed by atoms with van der Waals surface area (Å²) in [5.41, 5.74) is 1.99. The highest BCUT2D eigenvalue weighted by atomic mass is 35.5. The minimum absolute atomic E-state index is 0.138. The van der Waals surface area contributed by atoms with E-state index in [0.29, 0.717) is 38.2 Å². The number of amides is 1. The van der Waals surface area contributed by atoms with E-state index in [9.17, 15) is 4.79 Å². The van der Waals surface area contributed by atoms with E-state index in [1.807, 2.05) is 13.0 Å². The standard InChI is InChI=1S/C20H17Cl3N2O2S/c1-2-7-25-19(26)17(24-20(25)28)9-12-3-6-18(16(23)8-12)27-11-13-4-5-14(21)10-15(13)22/h3-6,8-10H,2,7,11H2,1H3,(H,24,28)/b17-9-. The molecule has 0 spiro atoms. The van der Waals surface area contributed by atoms with Crippen LogP contribution in [0.15, 0.2) is 42.1 Å². The predicted octanol–water partition coefficient (Wildman–Crippen LogP) is 5.69. The van der Waals surface area contributed by atoms with Crippen LogP contribution in [0.5, 0.6) is 5.75 Å². The topological polar surface area (TPSA) is 41.6 Å². The van der Waals surface area contributed by atoms with Gasteiger partial charge in [-0.25, -0.2) is 0 Å². The number of ether oxygens (including phenoxy) is 1. The normalized spacial score (nSPS) is 15.3. The van der Waals surface area contributed by atoms with Crippen molar-refractivity contribution in [3.05, 3.63) is 68.3 Å². The smallest absolute Gasteiger partial charge is 0.276 e. The van der Waals surface area contributed by atoms with Gasteiger partial charge in [0.2, 0.25) is 0 Å². The highest BCUT2D eigenvalue weighted by Gasteiger charge is 2.29. The van der Waals surface area contributed by atoms with Gasteiger partial charge in [0.05, 0.1) is 5.02 Å². The maximum absolute atomic E-state index is 12.4. The molecule has 1 heterocycles. The summed E-state index contributed by atoms with van der Waals surface area (Å²) in [6.45, 7) is 2.84. The molecule has 1 amide bonds. The van der Waals surface area contributed by atoms with Gasteiger partial charge in [-0.15, -0.1) is 0 Å². The summed E-state index contributed by atoms with van der Waals surface area (Å²) >= 11 is 23.6. The second-order valence-electron chi connectivity index (χ2n) is 6.16. The van der Waals surface area contributed by atoms with Gasteiger partial charge in [0, 0.05) is 22.2 Å². The lowest BCUT2D eigenvalue weighted by Gasteiger charge is -2.11. The van der Waals surface area contributed by atoms with Crippen LogP contribution in [-0.2, 0) is 11.4 Å². The van der Waals surface area contributed by atoms with E-state index in [-0.39, 0.29) is 12.5 Å². The Bertz CT molecular complexity index is 962. The number of hydrogen-bond acceptors (Lipinski definition) is 3. The fourth-order valence-corrected chi connectivity index (χ4v) is 3.67. The number of nitrogens with zero attached hydrogens (tertiary/aromatic N) is 1. The Morgan fingerprint density at radius 3 is 2.61 bits per heavy atom. The molecule has 0 saturated carbocycles. The van der Waals surface area contributed by atoms with E-state index in [4.69, 9.17) is 51.8 Å². The highest BCUT2D eigenvalue weighted by Crippen LogP contribution is 2.29. The Morgan fingerprint density at radius 1 is 1.14 bits per heavy atom. The molecular formula is C20H17Cl3N2O2S. The van der Waals surface area contributed by atoms with Crippen LogP contribution >= 0.6 is 47.0 Å². The molecule has 1 N–H and O–H groups in total. The monoisotopic (exact) mass is 454 g/mol. The van der Waals surface area contributed by atoms with Crippen LogP contribution in [0.2, 0.25) is 15.1 Å². The van der Waals surface area contributed by atoms with Gasteiger partial charge in [-0.3, -0.25) is 9.69 Å². The molecule has 146 valence electrons. The third kappa shape index (κ3) is 4.78. The van der Waals surface area contributed by atoms with Crippen LogP contribution in [0.4, 0.5) is 0 Å². The van der Waals surface area contributed by atoms with Crippen LogP contribution in [-0.4, -0.2) is 22.5 Å². The van der Waals surface area contributed by atoms with Gasteiger partial charge in [0.1, 0.15) is 18.1 Å².